The maximum atomic E-state index is 13.8. The van der Waals surface area contributed by atoms with Crippen molar-refractivity contribution in [1.29, 1.82) is 0 Å². The fourth-order valence-electron chi connectivity index (χ4n) is 4.13. The lowest BCUT2D eigenvalue weighted by atomic mass is 9.95. The standard InChI is InChI=1S/C25H23BrClNO2S/c1-18-16-23(31(29,30)21-12-10-20(27)11-13-21)24(19-8-4-2-5-9-19)22(17-26)25(18)28-14-6-3-7-15-28/h2-6,8-13,16H,7,14-15,17H2,1H3. The topological polar surface area (TPSA) is 37.4 Å². The average Bonchev–Trinajstić information content (AvgIpc) is 2.79. The van der Waals surface area contributed by atoms with Crippen molar-refractivity contribution in [3.63, 3.8) is 0 Å². The molecule has 0 saturated carbocycles. The molecule has 3 aromatic carbocycles. The van der Waals surface area contributed by atoms with Crippen LogP contribution < -0.4 is 4.90 Å². The Morgan fingerprint density at radius 3 is 2.35 bits per heavy atom. The van der Waals surface area contributed by atoms with Gasteiger partial charge in [-0.1, -0.05) is 70.0 Å². The van der Waals surface area contributed by atoms with Crippen molar-refractivity contribution >= 4 is 43.1 Å². The molecule has 3 nitrogen and oxygen atoms in total. The lowest BCUT2D eigenvalue weighted by Gasteiger charge is -2.31. The molecular weight excluding hydrogens is 494 g/mol. The zero-order chi connectivity index (χ0) is 22.0. The quantitative estimate of drug-likeness (QED) is 0.276. The molecule has 3 aromatic rings. The molecule has 4 rings (SSSR count). The molecule has 1 aliphatic heterocycles. The Kier molecular flexibility index (Phi) is 6.56. The van der Waals surface area contributed by atoms with Gasteiger partial charge in [-0.15, -0.1) is 0 Å². The Labute approximate surface area is 197 Å². The molecule has 1 heterocycles. The highest BCUT2D eigenvalue weighted by Crippen LogP contribution is 2.42. The van der Waals surface area contributed by atoms with Gasteiger partial charge in [0.1, 0.15) is 0 Å². The van der Waals surface area contributed by atoms with Crippen LogP contribution in [0, 0.1) is 6.92 Å². The second kappa shape index (κ2) is 9.19. The van der Waals surface area contributed by atoms with Crippen LogP contribution >= 0.6 is 27.5 Å². The van der Waals surface area contributed by atoms with Gasteiger partial charge in [0, 0.05) is 34.7 Å². The van der Waals surface area contributed by atoms with Gasteiger partial charge < -0.3 is 4.90 Å². The Morgan fingerprint density at radius 1 is 1.03 bits per heavy atom. The van der Waals surface area contributed by atoms with Crippen LogP contribution in [0.3, 0.4) is 0 Å². The number of alkyl halides is 1. The summed E-state index contributed by atoms with van der Waals surface area (Å²) in [5.41, 5.74) is 4.70. The normalized spacial score (nSPS) is 14.1. The zero-order valence-corrected chi connectivity index (χ0v) is 20.3. The largest absolute Gasteiger partial charge is 0.367 e. The van der Waals surface area contributed by atoms with Gasteiger partial charge in [-0.3, -0.25) is 0 Å². The van der Waals surface area contributed by atoms with Crippen LogP contribution in [0.2, 0.25) is 5.02 Å². The van der Waals surface area contributed by atoms with Crippen LogP contribution in [0.1, 0.15) is 17.5 Å². The van der Waals surface area contributed by atoms with Crippen molar-refractivity contribution in [3.8, 4) is 11.1 Å². The van der Waals surface area contributed by atoms with Crippen molar-refractivity contribution in [2.24, 2.45) is 0 Å². The Morgan fingerprint density at radius 2 is 1.74 bits per heavy atom. The number of benzene rings is 3. The first kappa shape index (κ1) is 22.1. The molecule has 1 aliphatic rings. The van der Waals surface area contributed by atoms with Gasteiger partial charge in [0.2, 0.25) is 9.84 Å². The van der Waals surface area contributed by atoms with E-state index in [2.05, 4.69) is 33.0 Å². The second-order valence-corrected chi connectivity index (χ2v) is 10.5. The van der Waals surface area contributed by atoms with E-state index >= 15 is 0 Å². The molecule has 0 unspecified atom stereocenters. The summed E-state index contributed by atoms with van der Waals surface area (Å²) in [5.74, 6) is 0. The molecule has 0 amide bonds. The molecule has 0 fully saturated rings. The highest BCUT2D eigenvalue weighted by molar-refractivity contribution is 9.08. The first-order valence-electron chi connectivity index (χ1n) is 10.1. The predicted octanol–water partition coefficient (Wildman–Crippen LogP) is 6.81. The van der Waals surface area contributed by atoms with Gasteiger partial charge in [0.15, 0.2) is 0 Å². The van der Waals surface area contributed by atoms with E-state index < -0.39 is 9.84 Å². The lowest BCUT2D eigenvalue weighted by Crippen LogP contribution is -2.29. The smallest absolute Gasteiger partial charge is 0.207 e. The van der Waals surface area contributed by atoms with Crippen LogP contribution in [0.25, 0.3) is 11.1 Å². The molecule has 0 N–H and O–H groups in total. The first-order valence-corrected chi connectivity index (χ1v) is 13.1. The molecule has 6 heteroatoms. The molecule has 0 aliphatic carbocycles. The third-order valence-electron chi connectivity index (χ3n) is 5.54. The van der Waals surface area contributed by atoms with Gasteiger partial charge in [-0.2, -0.15) is 0 Å². The predicted molar refractivity (Wildman–Crippen MR) is 132 cm³/mol. The fourth-order valence-corrected chi connectivity index (χ4v) is 6.39. The molecular formula is C25H23BrClNO2S. The van der Waals surface area contributed by atoms with E-state index in [0.29, 0.717) is 15.2 Å². The van der Waals surface area contributed by atoms with E-state index in [1.54, 1.807) is 24.3 Å². The second-order valence-electron chi connectivity index (χ2n) is 7.56. The Hall–Kier alpha value is -2.08. The highest BCUT2D eigenvalue weighted by Gasteiger charge is 2.28. The zero-order valence-electron chi connectivity index (χ0n) is 17.2. The van der Waals surface area contributed by atoms with Crippen LogP contribution in [0.5, 0.6) is 0 Å². The van der Waals surface area contributed by atoms with Gasteiger partial charge in [0.05, 0.1) is 9.79 Å². The van der Waals surface area contributed by atoms with E-state index in [9.17, 15) is 8.42 Å². The summed E-state index contributed by atoms with van der Waals surface area (Å²) in [6.45, 7) is 3.72. The number of anilines is 1. The maximum Gasteiger partial charge on any atom is 0.207 e. The summed E-state index contributed by atoms with van der Waals surface area (Å²) in [4.78, 5) is 2.89. The first-order chi connectivity index (χ1) is 14.9. The maximum absolute atomic E-state index is 13.8. The lowest BCUT2D eigenvalue weighted by molar-refractivity contribution is 0.596. The SMILES string of the molecule is Cc1cc(S(=O)(=O)c2ccc(Cl)cc2)c(-c2ccccc2)c(CBr)c1N1CC=CCC1. The monoisotopic (exact) mass is 515 g/mol. The van der Waals surface area contributed by atoms with Gasteiger partial charge in [0.25, 0.3) is 0 Å². The van der Waals surface area contributed by atoms with Crippen molar-refractivity contribution in [2.45, 2.75) is 28.5 Å². The fraction of sp³-hybridized carbons (Fsp3) is 0.200. The number of nitrogens with zero attached hydrogens (tertiary/aromatic N) is 1. The van der Waals surface area contributed by atoms with Crippen molar-refractivity contribution in [3.05, 3.63) is 89.0 Å². The molecule has 160 valence electrons. The van der Waals surface area contributed by atoms with Crippen LogP contribution in [0.4, 0.5) is 5.69 Å². The minimum atomic E-state index is -3.75. The minimum Gasteiger partial charge on any atom is -0.367 e. The van der Waals surface area contributed by atoms with Gasteiger partial charge in [-0.25, -0.2) is 8.42 Å². The summed E-state index contributed by atoms with van der Waals surface area (Å²) in [6, 6.07) is 17.9. The molecule has 0 radical (unpaired) electrons. The van der Waals surface area contributed by atoms with Gasteiger partial charge in [-0.05, 0) is 60.4 Å². The minimum absolute atomic E-state index is 0.239. The average molecular weight is 517 g/mol. The summed E-state index contributed by atoms with van der Waals surface area (Å²) < 4.78 is 27.5. The molecule has 31 heavy (non-hydrogen) atoms. The van der Waals surface area contributed by atoms with Crippen molar-refractivity contribution < 1.29 is 8.42 Å². The molecule has 0 spiro atoms. The Bertz CT molecular complexity index is 1220. The van der Waals surface area contributed by atoms with Gasteiger partial charge >= 0.3 is 0 Å². The number of rotatable bonds is 5. The Balaban J connectivity index is 2.02. The van der Waals surface area contributed by atoms with Crippen LogP contribution in [0.15, 0.2) is 82.6 Å². The summed E-state index contributed by atoms with van der Waals surface area (Å²) in [5, 5.41) is 1.06. The molecule has 0 saturated heterocycles. The summed E-state index contributed by atoms with van der Waals surface area (Å²) >= 11 is 9.67. The third-order valence-corrected chi connectivity index (χ3v) is 8.15. The number of hydrogen-bond acceptors (Lipinski definition) is 3. The third kappa shape index (κ3) is 4.32. The summed E-state index contributed by atoms with van der Waals surface area (Å²) in [7, 11) is -3.75. The highest BCUT2D eigenvalue weighted by atomic mass is 79.9. The van der Waals surface area contributed by atoms with E-state index in [1.165, 1.54) is 0 Å². The van der Waals surface area contributed by atoms with Crippen molar-refractivity contribution in [2.75, 3.05) is 18.0 Å². The van der Waals surface area contributed by atoms with E-state index in [-0.39, 0.29) is 4.90 Å². The number of hydrogen-bond donors (Lipinski definition) is 0. The molecule has 0 atom stereocenters. The number of aryl methyl sites for hydroxylation is 1. The number of sulfone groups is 1. The molecule has 0 aromatic heterocycles. The van der Waals surface area contributed by atoms with E-state index in [1.807, 2.05) is 43.3 Å². The molecule has 0 bridgehead atoms. The van der Waals surface area contributed by atoms with Crippen LogP contribution in [-0.4, -0.2) is 21.5 Å². The summed E-state index contributed by atoms with van der Waals surface area (Å²) in [6.07, 6.45) is 5.34. The van der Waals surface area contributed by atoms with E-state index in [0.717, 1.165) is 47.5 Å². The van der Waals surface area contributed by atoms with E-state index in [4.69, 9.17) is 11.6 Å². The van der Waals surface area contributed by atoms with Crippen LogP contribution in [-0.2, 0) is 15.2 Å². The van der Waals surface area contributed by atoms with Crippen molar-refractivity contribution in [1.82, 2.24) is 0 Å². The number of halogens is 2.